The molecule has 0 saturated heterocycles. The number of hydrogen-bond acceptors (Lipinski definition) is 4. The molecule has 0 bridgehead atoms. The third kappa shape index (κ3) is 3.91. The molecule has 0 atom stereocenters. The maximum Gasteiger partial charge on any atom is 0.357 e. The zero-order chi connectivity index (χ0) is 17.8. The first kappa shape index (κ1) is 16.8. The highest BCUT2D eigenvalue weighted by atomic mass is 16.5. The number of carbonyl (C=O) groups excluding carboxylic acids is 1. The first-order valence-corrected chi connectivity index (χ1v) is 8.27. The summed E-state index contributed by atoms with van der Waals surface area (Å²) in [5, 5.41) is 0. The predicted molar refractivity (Wildman–Crippen MR) is 98.3 cm³/mol. The van der Waals surface area contributed by atoms with Gasteiger partial charge in [0.25, 0.3) is 0 Å². The van der Waals surface area contributed by atoms with Crippen LogP contribution in [0.5, 0.6) is 0 Å². The van der Waals surface area contributed by atoms with Gasteiger partial charge in [0, 0.05) is 11.1 Å². The molecule has 0 aliphatic carbocycles. The molecule has 25 heavy (non-hydrogen) atoms. The molecule has 0 fully saturated rings. The smallest absolute Gasteiger partial charge is 0.357 e. The van der Waals surface area contributed by atoms with Crippen molar-refractivity contribution in [3.05, 3.63) is 71.4 Å². The summed E-state index contributed by atoms with van der Waals surface area (Å²) in [5.74, 6) is 0.0766. The van der Waals surface area contributed by atoms with E-state index in [1.54, 1.807) is 13.0 Å². The van der Waals surface area contributed by atoms with Crippen LogP contribution in [0.3, 0.4) is 0 Å². The van der Waals surface area contributed by atoms with Gasteiger partial charge in [-0.05, 0) is 26.8 Å². The standard InChI is InChI=1S/C21H20N2O2/c1-4-25-21(24)19-13-18(16-9-5-14(2)6-10-16)22-20(23-19)17-11-7-15(3)8-12-17/h5-13H,4H2,1-3H3. The molecular formula is C21H20N2O2. The molecule has 4 heteroatoms. The molecule has 126 valence electrons. The Morgan fingerprint density at radius 2 is 1.44 bits per heavy atom. The van der Waals surface area contributed by atoms with E-state index in [0.717, 1.165) is 16.7 Å². The van der Waals surface area contributed by atoms with Crippen molar-refractivity contribution in [1.82, 2.24) is 9.97 Å². The predicted octanol–water partition coefficient (Wildman–Crippen LogP) is 4.60. The van der Waals surface area contributed by atoms with Crippen molar-refractivity contribution >= 4 is 5.97 Å². The number of carbonyl (C=O) groups is 1. The summed E-state index contributed by atoms with van der Waals surface area (Å²) in [6, 6.07) is 17.6. The topological polar surface area (TPSA) is 52.1 Å². The van der Waals surface area contributed by atoms with Crippen LogP contribution >= 0.6 is 0 Å². The van der Waals surface area contributed by atoms with Gasteiger partial charge in [0.1, 0.15) is 0 Å². The highest BCUT2D eigenvalue weighted by Gasteiger charge is 2.15. The van der Waals surface area contributed by atoms with Crippen molar-refractivity contribution < 1.29 is 9.53 Å². The second kappa shape index (κ2) is 7.26. The van der Waals surface area contributed by atoms with Crippen molar-refractivity contribution in [2.24, 2.45) is 0 Å². The van der Waals surface area contributed by atoms with Gasteiger partial charge in [-0.3, -0.25) is 0 Å². The second-order valence-electron chi connectivity index (χ2n) is 5.91. The van der Waals surface area contributed by atoms with Crippen LogP contribution in [-0.2, 0) is 4.74 Å². The van der Waals surface area contributed by atoms with E-state index in [0.29, 0.717) is 18.1 Å². The monoisotopic (exact) mass is 332 g/mol. The van der Waals surface area contributed by atoms with Crippen molar-refractivity contribution in [3.8, 4) is 22.6 Å². The third-order valence-corrected chi connectivity index (χ3v) is 3.87. The van der Waals surface area contributed by atoms with Crippen LogP contribution in [0, 0.1) is 13.8 Å². The van der Waals surface area contributed by atoms with Crippen LogP contribution in [0.4, 0.5) is 0 Å². The molecule has 3 aromatic rings. The van der Waals surface area contributed by atoms with E-state index < -0.39 is 5.97 Å². The van der Waals surface area contributed by atoms with Gasteiger partial charge < -0.3 is 4.74 Å². The molecule has 0 aliphatic rings. The summed E-state index contributed by atoms with van der Waals surface area (Å²) in [7, 11) is 0. The van der Waals surface area contributed by atoms with Crippen LogP contribution in [0.2, 0.25) is 0 Å². The molecule has 0 aliphatic heterocycles. The Morgan fingerprint density at radius 3 is 2.00 bits per heavy atom. The largest absolute Gasteiger partial charge is 0.461 e. The highest BCUT2D eigenvalue weighted by Crippen LogP contribution is 2.23. The molecular weight excluding hydrogens is 312 g/mol. The SMILES string of the molecule is CCOC(=O)c1cc(-c2ccc(C)cc2)nc(-c2ccc(C)cc2)n1. The third-order valence-electron chi connectivity index (χ3n) is 3.87. The number of esters is 1. The van der Waals surface area contributed by atoms with Gasteiger partial charge in [-0.1, -0.05) is 59.7 Å². The Hall–Kier alpha value is -3.01. The minimum Gasteiger partial charge on any atom is -0.461 e. The lowest BCUT2D eigenvalue weighted by Crippen LogP contribution is -2.09. The zero-order valence-electron chi connectivity index (χ0n) is 14.6. The van der Waals surface area contributed by atoms with Gasteiger partial charge >= 0.3 is 5.97 Å². The highest BCUT2D eigenvalue weighted by molar-refractivity contribution is 5.89. The zero-order valence-corrected chi connectivity index (χ0v) is 14.6. The lowest BCUT2D eigenvalue weighted by molar-refractivity contribution is 0.0519. The molecule has 1 heterocycles. The lowest BCUT2D eigenvalue weighted by atomic mass is 10.1. The Balaban J connectivity index is 2.12. The normalized spacial score (nSPS) is 10.5. The number of aryl methyl sites for hydroxylation is 2. The van der Waals surface area contributed by atoms with Gasteiger partial charge in [-0.15, -0.1) is 0 Å². The molecule has 3 rings (SSSR count). The van der Waals surface area contributed by atoms with Gasteiger partial charge in [-0.25, -0.2) is 14.8 Å². The van der Waals surface area contributed by atoms with Crippen LogP contribution in [0.1, 0.15) is 28.5 Å². The Bertz CT molecular complexity index is 821. The van der Waals surface area contributed by atoms with Gasteiger partial charge in [-0.2, -0.15) is 0 Å². The van der Waals surface area contributed by atoms with E-state index in [9.17, 15) is 4.79 Å². The summed E-state index contributed by atoms with van der Waals surface area (Å²) >= 11 is 0. The molecule has 0 spiro atoms. The molecule has 1 aromatic heterocycles. The maximum absolute atomic E-state index is 12.2. The molecule has 0 unspecified atom stereocenters. The van der Waals surface area contributed by atoms with E-state index in [4.69, 9.17) is 4.74 Å². The molecule has 4 nitrogen and oxygen atoms in total. The summed E-state index contributed by atoms with van der Waals surface area (Å²) in [6.07, 6.45) is 0. The fourth-order valence-electron chi connectivity index (χ4n) is 2.46. The summed E-state index contributed by atoms with van der Waals surface area (Å²) in [5.41, 5.74) is 5.10. The minimum atomic E-state index is -0.438. The van der Waals surface area contributed by atoms with E-state index in [-0.39, 0.29) is 5.69 Å². The average molecular weight is 332 g/mol. The van der Waals surface area contributed by atoms with Crippen molar-refractivity contribution in [1.29, 1.82) is 0 Å². The summed E-state index contributed by atoms with van der Waals surface area (Å²) in [4.78, 5) is 21.3. The van der Waals surface area contributed by atoms with Gasteiger partial charge in [0.2, 0.25) is 0 Å². The maximum atomic E-state index is 12.2. The van der Waals surface area contributed by atoms with Gasteiger partial charge in [0.15, 0.2) is 11.5 Å². The number of rotatable bonds is 4. The van der Waals surface area contributed by atoms with Crippen LogP contribution in [0.15, 0.2) is 54.6 Å². The van der Waals surface area contributed by atoms with E-state index in [2.05, 4.69) is 9.97 Å². The Kier molecular flexibility index (Phi) is 4.89. The number of aromatic nitrogens is 2. The van der Waals surface area contributed by atoms with E-state index in [1.165, 1.54) is 5.56 Å². The first-order valence-electron chi connectivity index (χ1n) is 8.27. The Labute approximate surface area is 147 Å². The summed E-state index contributed by atoms with van der Waals surface area (Å²) in [6.45, 7) is 6.15. The minimum absolute atomic E-state index is 0.267. The first-order chi connectivity index (χ1) is 12.1. The van der Waals surface area contributed by atoms with Crippen molar-refractivity contribution in [2.45, 2.75) is 20.8 Å². The molecule has 2 aromatic carbocycles. The lowest BCUT2D eigenvalue weighted by Gasteiger charge is -2.09. The Morgan fingerprint density at radius 1 is 0.880 bits per heavy atom. The molecule has 0 N–H and O–H groups in total. The average Bonchev–Trinajstić information content (AvgIpc) is 2.63. The quantitative estimate of drug-likeness (QED) is 0.655. The van der Waals surface area contributed by atoms with E-state index >= 15 is 0 Å². The number of nitrogens with zero attached hydrogens (tertiary/aromatic N) is 2. The molecule has 0 radical (unpaired) electrons. The molecule has 0 saturated carbocycles. The van der Waals surface area contributed by atoms with Gasteiger partial charge in [0.05, 0.1) is 12.3 Å². The van der Waals surface area contributed by atoms with E-state index in [1.807, 2.05) is 62.4 Å². The number of ether oxygens (including phenoxy) is 1. The molecule has 0 amide bonds. The fraction of sp³-hybridized carbons (Fsp3) is 0.190. The number of benzene rings is 2. The van der Waals surface area contributed by atoms with Crippen LogP contribution < -0.4 is 0 Å². The van der Waals surface area contributed by atoms with Crippen LogP contribution in [-0.4, -0.2) is 22.5 Å². The van der Waals surface area contributed by atoms with Crippen LogP contribution in [0.25, 0.3) is 22.6 Å². The second-order valence-corrected chi connectivity index (χ2v) is 5.91. The fourth-order valence-corrected chi connectivity index (χ4v) is 2.46. The number of hydrogen-bond donors (Lipinski definition) is 0. The van der Waals surface area contributed by atoms with Crippen molar-refractivity contribution in [3.63, 3.8) is 0 Å². The summed E-state index contributed by atoms with van der Waals surface area (Å²) < 4.78 is 5.12. The van der Waals surface area contributed by atoms with Crippen molar-refractivity contribution in [2.75, 3.05) is 6.61 Å².